The number of aromatic nitrogens is 1. The Kier molecular flexibility index (Phi) is 7.93. The van der Waals surface area contributed by atoms with E-state index in [0.717, 1.165) is 24.4 Å². The minimum atomic E-state index is 0.131. The molecule has 0 saturated heterocycles. The number of aryl methyl sites for hydroxylation is 1. The Morgan fingerprint density at radius 3 is 2.46 bits per heavy atom. The van der Waals surface area contributed by atoms with E-state index in [1.54, 1.807) is 7.05 Å². The summed E-state index contributed by atoms with van der Waals surface area (Å²) in [7, 11) is 1.79. The van der Waals surface area contributed by atoms with Crippen LogP contribution in [0.15, 0.2) is 53.7 Å². The Balaban J connectivity index is 1.76. The first kappa shape index (κ1) is 19.8. The Morgan fingerprint density at radius 1 is 1.08 bits per heavy atom. The second-order valence-electron chi connectivity index (χ2n) is 6.67. The minimum Gasteiger partial charge on any atom is -0.475 e. The van der Waals surface area contributed by atoms with Gasteiger partial charge < -0.3 is 15.4 Å². The zero-order valence-corrected chi connectivity index (χ0v) is 16.2. The number of nitrogens with one attached hydrogen (secondary N) is 2. The van der Waals surface area contributed by atoms with Crippen molar-refractivity contribution in [1.29, 1.82) is 0 Å². The molecule has 0 fully saturated rings. The van der Waals surface area contributed by atoms with Crippen LogP contribution < -0.4 is 15.4 Å². The van der Waals surface area contributed by atoms with Crippen molar-refractivity contribution in [1.82, 2.24) is 15.6 Å². The van der Waals surface area contributed by atoms with Crippen molar-refractivity contribution in [3.63, 3.8) is 0 Å². The summed E-state index contributed by atoms with van der Waals surface area (Å²) < 4.78 is 5.56. The van der Waals surface area contributed by atoms with Crippen LogP contribution in [0.4, 0.5) is 0 Å². The molecule has 1 unspecified atom stereocenters. The van der Waals surface area contributed by atoms with E-state index in [1.807, 2.05) is 38.2 Å². The predicted molar refractivity (Wildman–Crippen MR) is 108 cm³/mol. The van der Waals surface area contributed by atoms with Crippen LogP contribution in [-0.4, -0.2) is 30.1 Å². The molecule has 140 valence electrons. The third-order valence-corrected chi connectivity index (χ3v) is 3.93. The quantitative estimate of drug-likeness (QED) is 0.562. The monoisotopic (exact) mass is 354 g/mol. The lowest BCUT2D eigenvalue weighted by atomic mass is 10.1. The highest BCUT2D eigenvalue weighted by molar-refractivity contribution is 5.79. The lowest BCUT2D eigenvalue weighted by Crippen LogP contribution is -2.42. The molecule has 0 aliphatic carbocycles. The molecule has 0 radical (unpaired) electrons. The van der Waals surface area contributed by atoms with Gasteiger partial charge in [0.15, 0.2) is 5.96 Å². The highest BCUT2D eigenvalue weighted by atomic mass is 16.5. The first-order valence-electron chi connectivity index (χ1n) is 9.19. The molecular weight excluding hydrogens is 324 g/mol. The van der Waals surface area contributed by atoms with Gasteiger partial charge in [-0.3, -0.25) is 4.99 Å². The average molecular weight is 354 g/mol. The number of nitrogens with zero attached hydrogens (tertiary/aromatic N) is 2. The van der Waals surface area contributed by atoms with Gasteiger partial charge in [-0.15, -0.1) is 0 Å². The van der Waals surface area contributed by atoms with Crippen LogP contribution in [0.3, 0.4) is 0 Å². The van der Waals surface area contributed by atoms with Crippen molar-refractivity contribution in [2.75, 3.05) is 7.05 Å². The summed E-state index contributed by atoms with van der Waals surface area (Å²) in [4.78, 5) is 8.63. The average Bonchev–Trinajstić information content (AvgIpc) is 2.65. The van der Waals surface area contributed by atoms with E-state index >= 15 is 0 Å². The van der Waals surface area contributed by atoms with Gasteiger partial charge in [0, 0.05) is 31.9 Å². The van der Waals surface area contributed by atoms with Gasteiger partial charge in [-0.1, -0.05) is 36.4 Å². The second-order valence-corrected chi connectivity index (χ2v) is 6.67. The maximum atomic E-state index is 5.56. The standard InChI is InChI=1S/C21H30N4O/c1-16(2)26-20-13-12-19(14-23-20)15-24-21(22-4)25-17(3)10-11-18-8-6-5-7-9-18/h5-9,12-14,16-17H,10-11,15H2,1-4H3,(H2,22,24,25). The van der Waals surface area contributed by atoms with E-state index in [0.29, 0.717) is 18.5 Å². The van der Waals surface area contributed by atoms with Crippen LogP contribution in [0.1, 0.15) is 38.3 Å². The van der Waals surface area contributed by atoms with Crippen molar-refractivity contribution >= 4 is 5.96 Å². The molecule has 1 aromatic heterocycles. The first-order chi connectivity index (χ1) is 12.6. The van der Waals surface area contributed by atoms with Gasteiger partial charge in [0.2, 0.25) is 5.88 Å². The number of hydrogen-bond donors (Lipinski definition) is 2. The molecular formula is C21H30N4O. The summed E-state index contributed by atoms with van der Waals surface area (Å²) in [5.74, 6) is 1.45. The molecule has 1 atom stereocenters. The van der Waals surface area contributed by atoms with Crippen LogP contribution in [0.25, 0.3) is 0 Å². The summed E-state index contributed by atoms with van der Waals surface area (Å²) in [5.41, 5.74) is 2.44. The number of rotatable bonds is 8. The highest BCUT2D eigenvalue weighted by Crippen LogP contribution is 2.09. The zero-order valence-electron chi connectivity index (χ0n) is 16.2. The van der Waals surface area contributed by atoms with E-state index in [4.69, 9.17) is 4.74 Å². The predicted octanol–water partition coefficient (Wildman–Crippen LogP) is 3.56. The van der Waals surface area contributed by atoms with Gasteiger partial charge in [0.1, 0.15) is 0 Å². The molecule has 0 aliphatic heterocycles. The maximum Gasteiger partial charge on any atom is 0.213 e. The lowest BCUT2D eigenvalue weighted by Gasteiger charge is -2.18. The van der Waals surface area contributed by atoms with Gasteiger partial charge in [-0.25, -0.2) is 4.98 Å². The minimum absolute atomic E-state index is 0.131. The van der Waals surface area contributed by atoms with E-state index in [1.165, 1.54) is 5.56 Å². The van der Waals surface area contributed by atoms with E-state index in [9.17, 15) is 0 Å². The number of guanidine groups is 1. The zero-order chi connectivity index (χ0) is 18.8. The SMILES string of the molecule is CN=C(NCc1ccc(OC(C)C)nc1)NC(C)CCc1ccccc1. The number of benzene rings is 1. The molecule has 26 heavy (non-hydrogen) atoms. The third-order valence-electron chi connectivity index (χ3n) is 3.93. The Morgan fingerprint density at radius 2 is 1.85 bits per heavy atom. The molecule has 0 aliphatic rings. The fourth-order valence-corrected chi connectivity index (χ4v) is 2.54. The fourth-order valence-electron chi connectivity index (χ4n) is 2.54. The molecule has 1 heterocycles. The Hall–Kier alpha value is -2.56. The summed E-state index contributed by atoms with van der Waals surface area (Å²) in [6, 6.07) is 14.8. The van der Waals surface area contributed by atoms with Crippen molar-refractivity contribution in [3.05, 3.63) is 59.8 Å². The summed E-state index contributed by atoms with van der Waals surface area (Å²) >= 11 is 0. The summed E-state index contributed by atoms with van der Waals surface area (Å²) in [5, 5.41) is 6.77. The third kappa shape index (κ3) is 7.13. The van der Waals surface area contributed by atoms with Crippen molar-refractivity contribution in [2.45, 2.75) is 52.3 Å². The Labute approximate surface area is 156 Å². The van der Waals surface area contributed by atoms with Gasteiger partial charge in [0.05, 0.1) is 6.10 Å². The van der Waals surface area contributed by atoms with Gasteiger partial charge in [0.25, 0.3) is 0 Å². The number of hydrogen-bond acceptors (Lipinski definition) is 3. The molecule has 5 nitrogen and oxygen atoms in total. The Bertz CT molecular complexity index is 668. The fraction of sp³-hybridized carbons (Fsp3) is 0.429. The summed E-state index contributed by atoms with van der Waals surface area (Å²) in [6.07, 6.45) is 4.06. The van der Waals surface area contributed by atoms with Crippen molar-refractivity contribution < 1.29 is 4.74 Å². The van der Waals surface area contributed by atoms with Crippen LogP contribution in [0, 0.1) is 0 Å². The number of pyridine rings is 1. The van der Waals surface area contributed by atoms with Crippen LogP contribution in [0.5, 0.6) is 5.88 Å². The molecule has 0 amide bonds. The van der Waals surface area contributed by atoms with Crippen LogP contribution in [0.2, 0.25) is 0 Å². The topological polar surface area (TPSA) is 58.5 Å². The van der Waals surface area contributed by atoms with Crippen LogP contribution >= 0.6 is 0 Å². The number of aliphatic imine (C=N–C) groups is 1. The molecule has 1 aromatic carbocycles. The smallest absolute Gasteiger partial charge is 0.213 e. The molecule has 2 N–H and O–H groups in total. The number of ether oxygens (including phenoxy) is 1. The molecule has 0 bridgehead atoms. The molecule has 2 aromatic rings. The maximum absolute atomic E-state index is 5.56. The highest BCUT2D eigenvalue weighted by Gasteiger charge is 2.06. The second kappa shape index (κ2) is 10.4. The van der Waals surface area contributed by atoms with E-state index in [2.05, 4.69) is 51.8 Å². The normalized spacial score (nSPS) is 12.7. The summed E-state index contributed by atoms with van der Waals surface area (Å²) in [6.45, 7) is 6.83. The lowest BCUT2D eigenvalue weighted by molar-refractivity contribution is 0.232. The van der Waals surface area contributed by atoms with Crippen LogP contribution in [-0.2, 0) is 13.0 Å². The van der Waals surface area contributed by atoms with Crippen molar-refractivity contribution in [2.24, 2.45) is 4.99 Å². The van der Waals surface area contributed by atoms with E-state index < -0.39 is 0 Å². The van der Waals surface area contributed by atoms with E-state index in [-0.39, 0.29) is 6.10 Å². The molecule has 0 spiro atoms. The van der Waals surface area contributed by atoms with Gasteiger partial charge in [-0.2, -0.15) is 0 Å². The van der Waals surface area contributed by atoms with Crippen molar-refractivity contribution in [3.8, 4) is 5.88 Å². The first-order valence-corrected chi connectivity index (χ1v) is 9.19. The molecule has 0 saturated carbocycles. The largest absolute Gasteiger partial charge is 0.475 e. The van der Waals surface area contributed by atoms with Gasteiger partial charge in [-0.05, 0) is 44.7 Å². The van der Waals surface area contributed by atoms with Gasteiger partial charge >= 0.3 is 0 Å². The molecule has 5 heteroatoms. The molecule has 2 rings (SSSR count).